The third-order valence-electron chi connectivity index (χ3n) is 5.80. The molecule has 0 spiro atoms. The maximum atomic E-state index is 14.6. The van der Waals surface area contributed by atoms with Gasteiger partial charge in [0.2, 0.25) is 5.69 Å². The summed E-state index contributed by atoms with van der Waals surface area (Å²) in [6.45, 7) is 3.70. The number of nitrogens with zero attached hydrogens (tertiary/aromatic N) is 3. The second-order valence-electron chi connectivity index (χ2n) is 7.69. The van der Waals surface area contributed by atoms with E-state index in [1.807, 2.05) is 29.9 Å². The Bertz CT molecular complexity index is 1370. The van der Waals surface area contributed by atoms with Gasteiger partial charge in [0.25, 0.3) is 11.5 Å². The van der Waals surface area contributed by atoms with Crippen molar-refractivity contribution in [1.82, 2.24) is 20.2 Å². The highest BCUT2D eigenvalue weighted by Crippen LogP contribution is 2.24. The number of amides is 1. The molecule has 0 unspecified atom stereocenters. The van der Waals surface area contributed by atoms with E-state index < -0.39 is 5.82 Å². The van der Waals surface area contributed by atoms with Crippen molar-refractivity contribution in [3.05, 3.63) is 92.9 Å². The first-order valence-electron chi connectivity index (χ1n) is 10.2. The van der Waals surface area contributed by atoms with Crippen LogP contribution in [0.4, 0.5) is 4.39 Å². The van der Waals surface area contributed by atoms with Crippen LogP contribution in [0.3, 0.4) is 0 Å². The molecule has 1 aliphatic rings. The quantitative estimate of drug-likeness (QED) is 0.499. The number of benzene rings is 2. The lowest BCUT2D eigenvalue weighted by Gasteiger charge is -2.16. The summed E-state index contributed by atoms with van der Waals surface area (Å²) in [6, 6.07) is 11.8. The Kier molecular flexibility index (Phi) is 4.62. The van der Waals surface area contributed by atoms with Crippen molar-refractivity contribution in [2.45, 2.75) is 33.0 Å². The molecule has 0 atom stereocenters. The van der Waals surface area contributed by atoms with Crippen LogP contribution in [0.1, 0.15) is 39.8 Å². The van der Waals surface area contributed by atoms with E-state index in [0.29, 0.717) is 30.6 Å². The van der Waals surface area contributed by atoms with Crippen molar-refractivity contribution >= 4 is 16.7 Å². The number of carbonyl (C=O) groups is 1. The van der Waals surface area contributed by atoms with Gasteiger partial charge in [-0.2, -0.15) is 10.2 Å². The highest BCUT2D eigenvalue weighted by atomic mass is 19.1. The number of nitrogens with one attached hydrogen (secondary N) is 2. The summed E-state index contributed by atoms with van der Waals surface area (Å²) in [5, 5.41) is 11.2. The second-order valence-corrected chi connectivity index (χ2v) is 7.69. The number of carbonyl (C=O) groups excluding carboxylic acids is 1. The van der Waals surface area contributed by atoms with Crippen molar-refractivity contribution in [2.24, 2.45) is 0 Å². The van der Waals surface area contributed by atoms with Gasteiger partial charge < -0.3 is 4.90 Å². The number of aromatic amines is 2. The van der Waals surface area contributed by atoms with E-state index in [0.717, 1.165) is 28.8 Å². The van der Waals surface area contributed by atoms with Gasteiger partial charge >= 0.3 is 0 Å². The lowest BCUT2D eigenvalue weighted by molar-refractivity contribution is -0.753. The van der Waals surface area contributed by atoms with E-state index in [1.165, 1.54) is 6.07 Å². The van der Waals surface area contributed by atoms with Crippen molar-refractivity contribution in [2.75, 3.05) is 0 Å². The maximum absolute atomic E-state index is 14.6. The number of halogens is 1. The molecule has 1 aliphatic heterocycles. The molecular formula is C23H21FN5O2+. The molecule has 4 aromatic rings. The Morgan fingerprint density at radius 3 is 2.81 bits per heavy atom. The summed E-state index contributed by atoms with van der Waals surface area (Å²) in [7, 11) is 0. The standard InChI is InChI=1S/C23H20FN5O2/c1-2-29-21-13-28(12-15(21)11-25-29)23(31)18-9-14(7-8-19(18)24)10-20-16-5-3-4-6-17(16)22(30)27-26-20/h3-9,11H,2,10,12-13H2,1H3,(H,27,30)/p+1. The zero-order chi connectivity index (χ0) is 21.5. The number of H-pyrrole nitrogens is 2. The summed E-state index contributed by atoms with van der Waals surface area (Å²) in [5.41, 5.74) is 3.31. The number of aryl methyl sites for hydroxylation is 1. The van der Waals surface area contributed by atoms with Crippen LogP contribution in [0.25, 0.3) is 10.8 Å². The van der Waals surface area contributed by atoms with Gasteiger partial charge in [-0.1, -0.05) is 24.3 Å². The summed E-state index contributed by atoms with van der Waals surface area (Å²) in [4.78, 5) is 26.8. The zero-order valence-corrected chi connectivity index (χ0v) is 17.0. The number of fused-ring (bicyclic) bond motifs is 2. The Labute approximate surface area is 177 Å². The van der Waals surface area contributed by atoms with Gasteiger partial charge in [-0.25, -0.2) is 9.49 Å². The van der Waals surface area contributed by atoms with Gasteiger partial charge in [0.15, 0.2) is 6.54 Å². The highest BCUT2D eigenvalue weighted by molar-refractivity contribution is 5.95. The Morgan fingerprint density at radius 1 is 1.19 bits per heavy atom. The van der Waals surface area contributed by atoms with Gasteiger partial charge in [-0.05, 0) is 30.7 Å². The molecule has 0 radical (unpaired) electrons. The van der Waals surface area contributed by atoms with Crippen LogP contribution in [-0.2, 0) is 26.1 Å². The predicted molar refractivity (Wildman–Crippen MR) is 112 cm³/mol. The van der Waals surface area contributed by atoms with Crippen LogP contribution in [0.2, 0.25) is 0 Å². The first-order chi connectivity index (χ1) is 15.0. The van der Waals surface area contributed by atoms with E-state index >= 15 is 0 Å². The summed E-state index contributed by atoms with van der Waals surface area (Å²) < 4.78 is 16.6. The molecule has 0 bridgehead atoms. The van der Waals surface area contributed by atoms with Gasteiger partial charge in [-0.3, -0.25) is 9.59 Å². The minimum Gasteiger partial charge on any atom is -0.323 e. The minimum absolute atomic E-state index is 0.0448. The van der Waals surface area contributed by atoms with Gasteiger partial charge in [0, 0.05) is 11.8 Å². The molecule has 0 aliphatic carbocycles. The van der Waals surface area contributed by atoms with Crippen molar-refractivity contribution in [3.8, 4) is 0 Å². The number of hydrogen-bond donors (Lipinski definition) is 2. The average Bonchev–Trinajstić information content (AvgIpc) is 3.37. The van der Waals surface area contributed by atoms with Crippen molar-refractivity contribution in [1.29, 1.82) is 0 Å². The molecule has 0 fully saturated rings. The molecule has 2 aromatic heterocycles. The lowest BCUT2D eigenvalue weighted by atomic mass is 10.0. The van der Waals surface area contributed by atoms with Crippen LogP contribution in [0, 0.1) is 5.82 Å². The molecule has 1 amide bonds. The SMILES string of the molecule is CC[n+]1[nH]cc2c1CN(C(=O)c1cc(Cc3n[nH]c(=O)c4ccccc34)ccc1F)C2. The largest absolute Gasteiger partial charge is 0.323 e. The van der Waals surface area contributed by atoms with Crippen LogP contribution < -0.4 is 10.2 Å². The smallest absolute Gasteiger partial charge is 0.272 e. The molecule has 5 rings (SSSR count). The minimum atomic E-state index is -0.547. The zero-order valence-electron chi connectivity index (χ0n) is 17.0. The molecule has 7 nitrogen and oxygen atoms in total. The van der Waals surface area contributed by atoms with E-state index in [-0.39, 0.29) is 17.0 Å². The molecule has 0 saturated carbocycles. The third kappa shape index (κ3) is 3.30. The van der Waals surface area contributed by atoms with E-state index in [9.17, 15) is 14.0 Å². The fourth-order valence-electron chi connectivity index (χ4n) is 4.20. The van der Waals surface area contributed by atoms with Crippen LogP contribution in [0.5, 0.6) is 0 Å². The monoisotopic (exact) mass is 418 g/mol. The highest BCUT2D eigenvalue weighted by Gasteiger charge is 2.33. The van der Waals surface area contributed by atoms with E-state index in [4.69, 9.17) is 0 Å². The molecule has 2 N–H and O–H groups in total. The Morgan fingerprint density at radius 2 is 2.00 bits per heavy atom. The number of rotatable bonds is 4. The molecule has 3 heterocycles. The van der Waals surface area contributed by atoms with Gasteiger partial charge in [0.05, 0.1) is 34.9 Å². The van der Waals surface area contributed by atoms with Crippen LogP contribution in [0.15, 0.2) is 53.5 Å². The van der Waals surface area contributed by atoms with E-state index in [2.05, 4.69) is 15.3 Å². The predicted octanol–water partition coefficient (Wildman–Crippen LogP) is 2.44. The average molecular weight is 418 g/mol. The maximum Gasteiger partial charge on any atom is 0.272 e. The first-order valence-corrected chi connectivity index (χ1v) is 10.2. The molecule has 0 saturated heterocycles. The van der Waals surface area contributed by atoms with Crippen molar-refractivity contribution in [3.63, 3.8) is 0 Å². The number of hydrogen-bond acceptors (Lipinski definition) is 3. The Balaban J connectivity index is 1.44. The molecule has 2 aromatic carbocycles. The van der Waals surface area contributed by atoms with Crippen LogP contribution >= 0.6 is 0 Å². The normalized spacial score (nSPS) is 13.0. The summed E-state index contributed by atoms with van der Waals surface area (Å²) in [5.74, 6) is -0.882. The van der Waals surface area contributed by atoms with Crippen molar-refractivity contribution < 1.29 is 13.9 Å². The van der Waals surface area contributed by atoms with Gasteiger partial charge in [-0.15, -0.1) is 4.68 Å². The summed E-state index contributed by atoms with van der Waals surface area (Å²) >= 11 is 0. The summed E-state index contributed by atoms with van der Waals surface area (Å²) in [6.07, 6.45) is 2.26. The third-order valence-corrected chi connectivity index (χ3v) is 5.80. The second kappa shape index (κ2) is 7.46. The fourth-order valence-corrected chi connectivity index (χ4v) is 4.20. The fraction of sp³-hybridized carbons (Fsp3) is 0.217. The Hall–Kier alpha value is -3.81. The van der Waals surface area contributed by atoms with Gasteiger partial charge in [0.1, 0.15) is 12.4 Å². The molecular weight excluding hydrogens is 397 g/mol. The first kappa shape index (κ1) is 19.2. The molecule has 156 valence electrons. The lowest BCUT2D eigenvalue weighted by Crippen LogP contribution is -2.39. The van der Waals surface area contributed by atoms with E-state index in [1.54, 1.807) is 29.2 Å². The molecule has 8 heteroatoms. The molecule has 31 heavy (non-hydrogen) atoms. The topological polar surface area (TPSA) is 85.7 Å². The number of aromatic nitrogens is 4. The van der Waals surface area contributed by atoms with Crippen LogP contribution in [-0.4, -0.2) is 26.1 Å².